The number of likely N-dealkylation sites (N-methyl/N-ethyl adjacent to an activating group) is 1. The standard InChI is InChI=1S/C20H22ClFN6O/c1-12(28-8-6-27(2)7-9-28)19(29)25-16-5-3-4-13-14(10-23-18(13)16)17-15(22)11-24-20(21)26-17/h3-5,10-12,23H,6-9H2,1-2H3,(H,25,29)/t12-/m1/s1. The lowest BCUT2D eigenvalue weighted by molar-refractivity contribution is -0.121. The van der Waals surface area contributed by atoms with Crippen molar-refractivity contribution in [1.82, 2.24) is 24.8 Å². The van der Waals surface area contributed by atoms with Crippen molar-refractivity contribution in [2.24, 2.45) is 0 Å². The zero-order chi connectivity index (χ0) is 20.5. The Bertz CT molecular complexity index is 1050. The number of benzene rings is 1. The van der Waals surface area contributed by atoms with E-state index in [9.17, 15) is 9.18 Å². The highest BCUT2D eigenvalue weighted by molar-refractivity contribution is 6.28. The zero-order valence-corrected chi connectivity index (χ0v) is 17.0. The number of nitrogens with zero attached hydrogens (tertiary/aromatic N) is 4. The smallest absolute Gasteiger partial charge is 0.241 e. The first-order valence-electron chi connectivity index (χ1n) is 9.46. The number of rotatable bonds is 4. The van der Waals surface area contributed by atoms with E-state index in [-0.39, 0.29) is 22.9 Å². The maximum absolute atomic E-state index is 14.2. The Morgan fingerprint density at radius 3 is 2.83 bits per heavy atom. The van der Waals surface area contributed by atoms with Crippen molar-refractivity contribution < 1.29 is 9.18 Å². The maximum atomic E-state index is 14.2. The minimum Gasteiger partial charge on any atom is -0.359 e. The van der Waals surface area contributed by atoms with Crippen LogP contribution in [0.25, 0.3) is 22.2 Å². The SMILES string of the molecule is C[C@H](C(=O)Nc1cccc2c(-c3nc(Cl)ncc3F)c[nH]c12)N1CCN(C)CC1. The number of aromatic nitrogens is 3. The number of carbonyl (C=O) groups is 1. The molecule has 29 heavy (non-hydrogen) atoms. The van der Waals surface area contributed by atoms with Crippen molar-refractivity contribution >= 4 is 34.1 Å². The lowest BCUT2D eigenvalue weighted by Gasteiger charge is -2.35. The van der Waals surface area contributed by atoms with Crippen LogP contribution in [-0.4, -0.2) is 69.9 Å². The molecule has 2 aromatic heterocycles. The second-order valence-electron chi connectivity index (χ2n) is 7.27. The first kappa shape index (κ1) is 19.8. The average Bonchev–Trinajstić information content (AvgIpc) is 3.15. The van der Waals surface area contributed by atoms with Crippen molar-refractivity contribution in [2.45, 2.75) is 13.0 Å². The van der Waals surface area contributed by atoms with E-state index in [1.165, 1.54) is 0 Å². The van der Waals surface area contributed by atoms with Crippen LogP contribution in [0.3, 0.4) is 0 Å². The van der Waals surface area contributed by atoms with Crippen LogP contribution in [-0.2, 0) is 4.79 Å². The van der Waals surface area contributed by atoms with Gasteiger partial charge in [0.25, 0.3) is 0 Å². The molecule has 0 saturated carbocycles. The topological polar surface area (TPSA) is 77.1 Å². The van der Waals surface area contributed by atoms with Crippen molar-refractivity contribution in [3.63, 3.8) is 0 Å². The molecule has 4 rings (SSSR count). The molecule has 1 aliphatic heterocycles. The zero-order valence-electron chi connectivity index (χ0n) is 16.2. The predicted molar refractivity (Wildman–Crippen MR) is 111 cm³/mol. The summed E-state index contributed by atoms with van der Waals surface area (Å²) in [6, 6.07) is 5.24. The molecule has 2 N–H and O–H groups in total. The molecular weight excluding hydrogens is 395 g/mol. The van der Waals surface area contributed by atoms with Crippen molar-refractivity contribution in [1.29, 1.82) is 0 Å². The van der Waals surface area contributed by atoms with E-state index >= 15 is 0 Å². The molecule has 0 spiro atoms. The van der Waals surface area contributed by atoms with Crippen LogP contribution in [0.1, 0.15) is 6.92 Å². The first-order valence-corrected chi connectivity index (χ1v) is 9.84. The summed E-state index contributed by atoms with van der Waals surface area (Å²) in [5.74, 6) is -0.636. The summed E-state index contributed by atoms with van der Waals surface area (Å²) in [4.78, 5) is 28.1. The average molecular weight is 417 g/mol. The molecule has 1 fully saturated rings. The van der Waals surface area contributed by atoms with E-state index < -0.39 is 5.82 Å². The number of H-pyrrole nitrogens is 1. The molecule has 9 heteroatoms. The lowest BCUT2D eigenvalue weighted by atomic mass is 10.1. The molecule has 1 aromatic carbocycles. The van der Waals surface area contributed by atoms with Gasteiger partial charge in [-0.15, -0.1) is 0 Å². The van der Waals surface area contributed by atoms with E-state index in [1.54, 1.807) is 6.20 Å². The van der Waals surface area contributed by atoms with Crippen molar-refractivity contribution in [2.75, 3.05) is 38.5 Å². The monoisotopic (exact) mass is 416 g/mol. The normalized spacial score (nSPS) is 16.8. The van der Waals surface area contributed by atoms with Crippen molar-refractivity contribution in [3.05, 3.63) is 41.7 Å². The number of nitrogens with one attached hydrogen (secondary N) is 2. The minimum absolute atomic E-state index is 0.0267. The lowest BCUT2D eigenvalue weighted by Crippen LogP contribution is -2.51. The van der Waals surface area contributed by atoms with Gasteiger partial charge < -0.3 is 15.2 Å². The third kappa shape index (κ3) is 3.96. The third-order valence-electron chi connectivity index (χ3n) is 5.41. The summed E-state index contributed by atoms with van der Waals surface area (Å²) in [5.41, 5.74) is 2.02. The Labute approximate surface area is 172 Å². The summed E-state index contributed by atoms with van der Waals surface area (Å²) < 4.78 is 14.2. The van der Waals surface area contributed by atoms with Gasteiger partial charge >= 0.3 is 0 Å². The Morgan fingerprint density at radius 1 is 1.31 bits per heavy atom. The quantitative estimate of drug-likeness (QED) is 0.639. The van der Waals surface area contributed by atoms with Gasteiger partial charge in [-0.2, -0.15) is 0 Å². The van der Waals surface area contributed by atoms with Crippen LogP contribution in [0.2, 0.25) is 5.28 Å². The summed E-state index contributed by atoms with van der Waals surface area (Å²) >= 11 is 5.84. The van der Waals surface area contributed by atoms with Gasteiger partial charge in [0.1, 0.15) is 5.69 Å². The number of aromatic amines is 1. The van der Waals surface area contributed by atoms with Crippen LogP contribution >= 0.6 is 11.6 Å². The molecule has 1 amide bonds. The minimum atomic E-state index is -0.562. The first-order chi connectivity index (χ1) is 13.9. The highest BCUT2D eigenvalue weighted by Gasteiger charge is 2.25. The van der Waals surface area contributed by atoms with Gasteiger partial charge in [0.2, 0.25) is 11.2 Å². The summed E-state index contributed by atoms with van der Waals surface area (Å²) in [7, 11) is 2.08. The Morgan fingerprint density at radius 2 is 2.07 bits per heavy atom. The van der Waals surface area contributed by atoms with Gasteiger partial charge in [0, 0.05) is 43.3 Å². The molecule has 152 valence electrons. The number of para-hydroxylation sites is 1. The number of amides is 1. The van der Waals surface area contributed by atoms with Crippen LogP contribution < -0.4 is 5.32 Å². The van der Waals surface area contributed by atoms with E-state index in [0.29, 0.717) is 16.8 Å². The molecule has 0 bridgehead atoms. The number of hydrogen-bond donors (Lipinski definition) is 2. The summed E-state index contributed by atoms with van der Waals surface area (Å²) in [6.07, 6.45) is 2.71. The molecule has 0 aliphatic carbocycles. The molecule has 1 saturated heterocycles. The van der Waals surface area contributed by atoms with Gasteiger partial charge in [-0.3, -0.25) is 9.69 Å². The highest BCUT2D eigenvalue weighted by atomic mass is 35.5. The van der Waals surface area contributed by atoms with E-state index in [2.05, 4.69) is 37.1 Å². The predicted octanol–water partition coefficient (Wildman–Crippen LogP) is 2.99. The fraction of sp³-hybridized carbons (Fsp3) is 0.350. The molecule has 0 radical (unpaired) electrons. The largest absolute Gasteiger partial charge is 0.359 e. The van der Waals surface area contributed by atoms with Crippen LogP contribution in [0.4, 0.5) is 10.1 Å². The number of piperazine rings is 1. The van der Waals surface area contributed by atoms with Gasteiger partial charge in [0.15, 0.2) is 5.82 Å². The van der Waals surface area contributed by atoms with Gasteiger partial charge in [-0.05, 0) is 31.6 Å². The van der Waals surface area contributed by atoms with Gasteiger partial charge in [-0.25, -0.2) is 14.4 Å². The Hall–Kier alpha value is -2.55. The number of fused-ring (bicyclic) bond motifs is 1. The van der Waals surface area contributed by atoms with Gasteiger partial charge in [0.05, 0.1) is 23.4 Å². The fourth-order valence-electron chi connectivity index (χ4n) is 3.60. The number of hydrogen-bond acceptors (Lipinski definition) is 5. The van der Waals surface area contributed by atoms with E-state index in [4.69, 9.17) is 11.6 Å². The van der Waals surface area contributed by atoms with E-state index in [1.807, 2.05) is 25.1 Å². The second-order valence-corrected chi connectivity index (χ2v) is 7.61. The molecule has 0 unspecified atom stereocenters. The van der Waals surface area contributed by atoms with E-state index in [0.717, 1.165) is 37.8 Å². The van der Waals surface area contributed by atoms with Crippen molar-refractivity contribution in [3.8, 4) is 11.3 Å². The number of anilines is 1. The van der Waals surface area contributed by atoms with Crippen LogP contribution in [0.5, 0.6) is 0 Å². The van der Waals surface area contributed by atoms with Gasteiger partial charge in [-0.1, -0.05) is 12.1 Å². The van der Waals surface area contributed by atoms with Crippen LogP contribution in [0.15, 0.2) is 30.6 Å². The second kappa shape index (κ2) is 8.06. The Kier molecular flexibility index (Phi) is 5.49. The fourth-order valence-corrected chi connectivity index (χ4v) is 3.73. The molecule has 1 aliphatic rings. The van der Waals surface area contributed by atoms with Crippen LogP contribution in [0, 0.1) is 5.82 Å². The summed E-state index contributed by atoms with van der Waals surface area (Å²) in [5, 5.41) is 3.72. The Balaban J connectivity index is 1.60. The highest BCUT2D eigenvalue weighted by Crippen LogP contribution is 2.33. The molecular formula is C20H22ClFN6O. The number of halogens is 2. The maximum Gasteiger partial charge on any atom is 0.241 e. The third-order valence-corrected chi connectivity index (χ3v) is 5.59. The summed E-state index contributed by atoms with van der Waals surface area (Å²) in [6.45, 7) is 5.52. The molecule has 3 heterocycles. The molecule has 1 atom stereocenters. The number of carbonyl (C=O) groups excluding carboxylic acids is 1. The molecule has 7 nitrogen and oxygen atoms in total. The molecule has 3 aromatic rings.